The number of carbonyl (C=O) groups excluding carboxylic acids is 1. The van der Waals surface area contributed by atoms with Gasteiger partial charge in [-0.3, -0.25) is 14.7 Å². The van der Waals surface area contributed by atoms with Gasteiger partial charge in [0.25, 0.3) is 0 Å². The lowest BCUT2D eigenvalue weighted by Crippen LogP contribution is -2.26. The summed E-state index contributed by atoms with van der Waals surface area (Å²) in [6.07, 6.45) is 3.92. The molecule has 104 valence electrons. The third-order valence-corrected chi connectivity index (χ3v) is 2.64. The molecule has 6 nitrogen and oxygen atoms in total. The summed E-state index contributed by atoms with van der Waals surface area (Å²) >= 11 is 0. The van der Waals surface area contributed by atoms with Crippen molar-refractivity contribution in [3.8, 4) is 0 Å². The van der Waals surface area contributed by atoms with Gasteiger partial charge in [-0.25, -0.2) is 9.37 Å². The van der Waals surface area contributed by atoms with Crippen molar-refractivity contribution in [2.45, 2.75) is 13.3 Å². The van der Waals surface area contributed by atoms with Gasteiger partial charge in [-0.1, -0.05) is 6.92 Å². The first-order valence-corrected chi connectivity index (χ1v) is 5.94. The average molecular weight is 275 g/mol. The summed E-state index contributed by atoms with van der Waals surface area (Å²) in [5.74, 6) is -0.815. The molecule has 20 heavy (non-hydrogen) atoms. The second-order valence-electron chi connectivity index (χ2n) is 3.91. The SMILES string of the molecule is CCC(=O)N(c1cc(N[O-])ccn1)c1ccncc1F. The van der Waals surface area contributed by atoms with Crippen molar-refractivity contribution in [3.05, 3.63) is 47.8 Å². The number of anilines is 3. The topological polar surface area (TPSA) is 81.2 Å². The molecular weight excluding hydrogens is 263 g/mol. The van der Waals surface area contributed by atoms with Gasteiger partial charge in [0.15, 0.2) is 5.82 Å². The van der Waals surface area contributed by atoms with E-state index in [4.69, 9.17) is 0 Å². The van der Waals surface area contributed by atoms with Crippen molar-refractivity contribution in [3.63, 3.8) is 0 Å². The van der Waals surface area contributed by atoms with E-state index in [-0.39, 0.29) is 29.5 Å². The van der Waals surface area contributed by atoms with Crippen LogP contribution in [0.1, 0.15) is 13.3 Å². The lowest BCUT2D eigenvalue weighted by atomic mass is 10.2. The van der Waals surface area contributed by atoms with Crippen molar-refractivity contribution in [1.82, 2.24) is 9.97 Å². The van der Waals surface area contributed by atoms with Crippen LogP contribution in [0.4, 0.5) is 21.6 Å². The fourth-order valence-electron chi connectivity index (χ4n) is 1.70. The maximum Gasteiger partial charge on any atom is 0.232 e. The fourth-order valence-corrected chi connectivity index (χ4v) is 1.70. The molecule has 2 aromatic rings. The first-order chi connectivity index (χ1) is 9.67. The molecule has 2 heterocycles. The van der Waals surface area contributed by atoms with Crippen LogP contribution in [0.2, 0.25) is 0 Å². The summed E-state index contributed by atoms with van der Waals surface area (Å²) in [6.45, 7) is 1.66. The molecule has 2 aromatic heterocycles. The minimum absolute atomic E-state index is 0.0439. The zero-order chi connectivity index (χ0) is 14.5. The lowest BCUT2D eigenvalue weighted by Gasteiger charge is -2.22. The number of nitrogens with one attached hydrogen (secondary N) is 1. The molecule has 0 bridgehead atoms. The van der Waals surface area contributed by atoms with Gasteiger partial charge in [-0.15, -0.1) is 0 Å². The predicted molar refractivity (Wildman–Crippen MR) is 72.9 cm³/mol. The van der Waals surface area contributed by atoms with Crippen LogP contribution >= 0.6 is 0 Å². The standard InChI is InChI=1S/C13H12FN4O2/c1-2-13(19)18(11-4-5-15-8-10(11)14)12-7-9(17-20)3-6-16-12/h3-8H,2H2,1H3,(H-,16,17,20)/q-1. The molecule has 0 radical (unpaired) electrons. The first-order valence-electron chi connectivity index (χ1n) is 5.94. The molecular formula is C13H12FN4O2-. The number of rotatable bonds is 4. The smallest absolute Gasteiger partial charge is 0.232 e. The summed E-state index contributed by atoms with van der Waals surface area (Å²) in [5, 5.41) is 10.7. The summed E-state index contributed by atoms with van der Waals surface area (Å²) < 4.78 is 13.8. The van der Waals surface area contributed by atoms with Gasteiger partial charge >= 0.3 is 0 Å². The Labute approximate surface area is 114 Å². The van der Waals surface area contributed by atoms with E-state index in [0.29, 0.717) is 0 Å². The van der Waals surface area contributed by atoms with Gasteiger partial charge < -0.3 is 10.7 Å². The Hall–Kier alpha value is -2.54. The zero-order valence-electron chi connectivity index (χ0n) is 10.7. The minimum Gasteiger partial charge on any atom is -0.761 e. The van der Waals surface area contributed by atoms with Crippen LogP contribution in [0.5, 0.6) is 0 Å². The highest BCUT2D eigenvalue weighted by Crippen LogP contribution is 2.28. The maximum atomic E-state index is 13.8. The number of nitrogens with zero attached hydrogens (tertiary/aromatic N) is 3. The molecule has 1 N–H and O–H groups in total. The van der Waals surface area contributed by atoms with Crippen LogP contribution < -0.4 is 10.4 Å². The van der Waals surface area contributed by atoms with Gasteiger partial charge in [0.05, 0.1) is 11.9 Å². The Bertz CT molecular complexity index is 621. The molecule has 0 saturated carbocycles. The predicted octanol–water partition coefficient (Wildman–Crippen LogP) is 2.60. The van der Waals surface area contributed by atoms with E-state index in [2.05, 4.69) is 9.97 Å². The first kappa shape index (κ1) is 13.9. The largest absolute Gasteiger partial charge is 0.761 e. The second-order valence-corrected chi connectivity index (χ2v) is 3.91. The van der Waals surface area contributed by atoms with Crippen molar-refractivity contribution in [2.24, 2.45) is 0 Å². The Kier molecular flexibility index (Phi) is 4.21. The number of pyridine rings is 2. The Morgan fingerprint density at radius 3 is 2.90 bits per heavy atom. The quantitative estimate of drug-likeness (QED) is 0.867. The van der Waals surface area contributed by atoms with Crippen molar-refractivity contribution in [2.75, 3.05) is 10.4 Å². The number of carbonyl (C=O) groups is 1. The highest BCUT2D eigenvalue weighted by molar-refractivity contribution is 5.99. The van der Waals surface area contributed by atoms with Crippen LogP contribution in [0.3, 0.4) is 0 Å². The van der Waals surface area contributed by atoms with E-state index in [9.17, 15) is 14.4 Å². The number of halogens is 1. The molecule has 0 aliphatic carbocycles. The molecule has 0 unspecified atom stereocenters. The molecule has 7 heteroatoms. The molecule has 2 rings (SSSR count). The Balaban J connectivity index is 2.53. The third kappa shape index (κ3) is 2.72. The number of aromatic nitrogens is 2. The summed E-state index contributed by atoms with van der Waals surface area (Å²) in [4.78, 5) is 20.8. The van der Waals surface area contributed by atoms with Crippen LogP contribution in [0, 0.1) is 11.0 Å². The van der Waals surface area contributed by atoms with E-state index in [0.717, 1.165) is 11.1 Å². The minimum atomic E-state index is -0.642. The van der Waals surface area contributed by atoms with Crippen LogP contribution in [-0.2, 0) is 4.79 Å². The van der Waals surface area contributed by atoms with Crippen LogP contribution in [-0.4, -0.2) is 15.9 Å². The highest BCUT2D eigenvalue weighted by Gasteiger charge is 2.21. The number of hydrogen-bond donors (Lipinski definition) is 1. The maximum absolute atomic E-state index is 13.8. The van der Waals surface area contributed by atoms with E-state index >= 15 is 0 Å². The molecule has 0 aromatic carbocycles. The van der Waals surface area contributed by atoms with E-state index in [1.54, 1.807) is 12.4 Å². The van der Waals surface area contributed by atoms with E-state index in [1.807, 2.05) is 0 Å². The third-order valence-electron chi connectivity index (χ3n) is 2.64. The van der Waals surface area contributed by atoms with Gasteiger partial charge in [-0.2, -0.15) is 0 Å². The molecule has 0 aliphatic heterocycles. The van der Waals surface area contributed by atoms with Crippen LogP contribution in [0.15, 0.2) is 36.8 Å². The van der Waals surface area contributed by atoms with Crippen molar-refractivity contribution < 1.29 is 9.18 Å². The molecule has 0 atom stereocenters. The van der Waals surface area contributed by atoms with Crippen LogP contribution in [0.25, 0.3) is 0 Å². The molecule has 0 fully saturated rings. The Morgan fingerprint density at radius 2 is 2.25 bits per heavy atom. The fraction of sp³-hybridized carbons (Fsp3) is 0.154. The number of hydrogen-bond acceptors (Lipinski definition) is 5. The molecule has 0 spiro atoms. The molecule has 0 aliphatic rings. The van der Waals surface area contributed by atoms with Crippen molar-refractivity contribution in [1.29, 1.82) is 0 Å². The molecule has 1 amide bonds. The molecule has 0 saturated heterocycles. The summed E-state index contributed by atoms with van der Waals surface area (Å²) in [7, 11) is 0. The van der Waals surface area contributed by atoms with E-state index in [1.165, 1.54) is 30.6 Å². The number of amides is 1. The summed E-state index contributed by atoms with van der Waals surface area (Å²) in [5.41, 5.74) is 1.99. The Morgan fingerprint density at radius 1 is 1.45 bits per heavy atom. The van der Waals surface area contributed by atoms with Gasteiger partial charge in [0.2, 0.25) is 5.91 Å². The second kappa shape index (κ2) is 6.07. The average Bonchev–Trinajstić information content (AvgIpc) is 2.49. The monoisotopic (exact) mass is 275 g/mol. The van der Waals surface area contributed by atoms with E-state index < -0.39 is 5.82 Å². The lowest BCUT2D eigenvalue weighted by molar-refractivity contribution is -0.117. The zero-order valence-corrected chi connectivity index (χ0v) is 10.7. The summed E-state index contributed by atoms with van der Waals surface area (Å²) in [6, 6.07) is 4.20. The van der Waals surface area contributed by atoms with Gasteiger partial charge in [0.1, 0.15) is 5.82 Å². The normalized spacial score (nSPS) is 10.2. The highest BCUT2D eigenvalue weighted by atomic mass is 19.1. The van der Waals surface area contributed by atoms with Crippen molar-refractivity contribution >= 4 is 23.1 Å². The van der Waals surface area contributed by atoms with Gasteiger partial charge in [-0.05, 0) is 12.1 Å². The van der Waals surface area contributed by atoms with Gasteiger partial charge in [0, 0.05) is 30.6 Å².